The van der Waals surface area contributed by atoms with Gasteiger partial charge in [0.15, 0.2) is 11.5 Å². The first-order valence-electron chi connectivity index (χ1n) is 9.81. The molecule has 0 radical (unpaired) electrons. The van der Waals surface area contributed by atoms with Crippen LogP contribution in [0.2, 0.25) is 0 Å². The van der Waals surface area contributed by atoms with E-state index in [0.29, 0.717) is 0 Å². The van der Waals surface area contributed by atoms with Crippen molar-refractivity contribution in [3.05, 3.63) is 53.6 Å². The zero-order valence-corrected chi connectivity index (χ0v) is 17.8. The van der Waals surface area contributed by atoms with Crippen LogP contribution in [0.5, 0.6) is 11.5 Å². The Bertz CT molecular complexity index is 809. The monoisotopic (exact) mass is 399 g/mol. The third-order valence-corrected chi connectivity index (χ3v) is 6.61. The molecule has 1 aliphatic rings. The first-order valence-corrected chi connectivity index (χ1v) is 10.6. The van der Waals surface area contributed by atoms with Gasteiger partial charge in [0.2, 0.25) is 0 Å². The van der Waals surface area contributed by atoms with Crippen LogP contribution in [0.25, 0.3) is 0 Å². The highest BCUT2D eigenvalue weighted by atomic mass is 32.2. The Hall–Kier alpha value is -1.98. The van der Waals surface area contributed by atoms with Crippen molar-refractivity contribution >= 4 is 17.7 Å². The molecule has 0 spiro atoms. The predicted molar refractivity (Wildman–Crippen MR) is 114 cm³/mol. The maximum absolute atomic E-state index is 12.0. The van der Waals surface area contributed by atoms with E-state index in [-0.39, 0.29) is 23.7 Å². The van der Waals surface area contributed by atoms with Gasteiger partial charge in [0.25, 0.3) is 0 Å². The average molecular weight is 400 g/mol. The summed E-state index contributed by atoms with van der Waals surface area (Å²) in [5.74, 6) is 2.08. The molecule has 0 aliphatic carbocycles. The van der Waals surface area contributed by atoms with Crippen molar-refractivity contribution in [2.45, 2.75) is 50.0 Å². The standard InChI is InChI=1S/C23H29NO3S/c1-5-16(15(2)25)11-18-12-19(17-9-7-6-8-10-17)20-13-21(26-3)22(27-4)14-23(20)28-24-18/h6-10,13-14,16,18-19,24H,5,11-12H2,1-4H3/t16?,18-,19+/m1/s1. The van der Waals surface area contributed by atoms with Gasteiger partial charge in [-0.1, -0.05) is 37.3 Å². The van der Waals surface area contributed by atoms with E-state index in [9.17, 15) is 4.79 Å². The minimum atomic E-state index is 0.0970. The lowest BCUT2D eigenvalue weighted by atomic mass is 9.83. The summed E-state index contributed by atoms with van der Waals surface area (Å²) in [6, 6.07) is 15.0. The predicted octanol–water partition coefficient (Wildman–Crippen LogP) is 5.21. The van der Waals surface area contributed by atoms with E-state index in [1.807, 2.05) is 12.1 Å². The molecule has 150 valence electrons. The molecule has 1 aliphatic heterocycles. The van der Waals surface area contributed by atoms with E-state index < -0.39 is 0 Å². The molecule has 3 atom stereocenters. The molecule has 0 amide bonds. The lowest BCUT2D eigenvalue weighted by Gasteiger charge is -2.24. The number of methoxy groups -OCH3 is 2. The number of rotatable bonds is 7. The van der Waals surface area contributed by atoms with Crippen molar-refractivity contribution < 1.29 is 14.3 Å². The summed E-state index contributed by atoms with van der Waals surface area (Å²) in [6.45, 7) is 3.80. The number of benzene rings is 2. The molecule has 1 N–H and O–H groups in total. The van der Waals surface area contributed by atoms with Crippen molar-refractivity contribution in [3.63, 3.8) is 0 Å². The number of nitrogens with one attached hydrogen (secondary N) is 1. The minimum Gasteiger partial charge on any atom is -0.493 e. The van der Waals surface area contributed by atoms with Crippen LogP contribution >= 0.6 is 11.9 Å². The molecule has 2 aromatic rings. The summed E-state index contributed by atoms with van der Waals surface area (Å²) in [7, 11) is 3.33. The maximum atomic E-state index is 12.0. The number of Topliss-reactive ketones (excluding diaryl/α,β-unsaturated/α-hetero) is 1. The highest BCUT2D eigenvalue weighted by molar-refractivity contribution is 7.97. The van der Waals surface area contributed by atoms with Crippen LogP contribution in [0.1, 0.15) is 50.2 Å². The van der Waals surface area contributed by atoms with Gasteiger partial charge >= 0.3 is 0 Å². The topological polar surface area (TPSA) is 47.6 Å². The Morgan fingerprint density at radius 1 is 1.18 bits per heavy atom. The van der Waals surface area contributed by atoms with Crippen molar-refractivity contribution in [2.75, 3.05) is 14.2 Å². The van der Waals surface area contributed by atoms with E-state index in [2.05, 4.69) is 42.0 Å². The summed E-state index contributed by atoms with van der Waals surface area (Å²) in [6.07, 6.45) is 2.66. The highest BCUT2D eigenvalue weighted by Gasteiger charge is 2.30. The second kappa shape index (κ2) is 9.48. The van der Waals surface area contributed by atoms with Gasteiger partial charge in [-0.15, -0.1) is 0 Å². The number of ketones is 1. The van der Waals surface area contributed by atoms with Crippen molar-refractivity contribution in [1.82, 2.24) is 4.72 Å². The van der Waals surface area contributed by atoms with E-state index in [4.69, 9.17) is 9.47 Å². The number of hydrogen-bond acceptors (Lipinski definition) is 5. The van der Waals surface area contributed by atoms with Crippen LogP contribution in [0.3, 0.4) is 0 Å². The molecular formula is C23H29NO3S. The number of carbonyl (C=O) groups is 1. The Balaban J connectivity index is 2.01. The van der Waals surface area contributed by atoms with Crippen LogP contribution in [-0.4, -0.2) is 26.0 Å². The first kappa shape index (κ1) is 20.7. The molecule has 0 bridgehead atoms. The largest absolute Gasteiger partial charge is 0.493 e. The van der Waals surface area contributed by atoms with E-state index in [0.717, 1.165) is 35.7 Å². The van der Waals surface area contributed by atoms with Gasteiger partial charge in [0.05, 0.1) is 14.2 Å². The van der Waals surface area contributed by atoms with Gasteiger partial charge < -0.3 is 9.47 Å². The Morgan fingerprint density at radius 3 is 2.46 bits per heavy atom. The van der Waals surface area contributed by atoms with E-state index in [1.165, 1.54) is 11.1 Å². The normalized spacial score (nSPS) is 20.0. The molecular weight excluding hydrogens is 370 g/mol. The summed E-state index contributed by atoms with van der Waals surface area (Å²) in [4.78, 5) is 13.1. The molecule has 28 heavy (non-hydrogen) atoms. The Labute approximate surface area is 172 Å². The van der Waals surface area contributed by atoms with E-state index in [1.54, 1.807) is 33.1 Å². The molecule has 1 heterocycles. The van der Waals surface area contributed by atoms with Gasteiger partial charge in [0.1, 0.15) is 5.78 Å². The average Bonchev–Trinajstić information content (AvgIpc) is 2.90. The number of ether oxygens (including phenoxy) is 2. The summed E-state index contributed by atoms with van der Waals surface area (Å²) in [5, 5.41) is 0. The second-order valence-corrected chi connectivity index (χ2v) is 8.19. The zero-order valence-electron chi connectivity index (χ0n) is 17.0. The molecule has 2 aromatic carbocycles. The third-order valence-electron chi connectivity index (χ3n) is 5.59. The van der Waals surface area contributed by atoms with Gasteiger partial charge in [-0.2, -0.15) is 0 Å². The Morgan fingerprint density at radius 2 is 1.86 bits per heavy atom. The lowest BCUT2D eigenvalue weighted by Crippen LogP contribution is -2.28. The zero-order chi connectivity index (χ0) is 20.1. The van der Waals surface area contributed by atoms with Crippen molar-refractivity contribution in [3.8, 4) is 11.5 Å². The van der Waals surface area contributed by atoms with Gasteiger partial charge in [-0.3, -0.25) is 9.52 Å². The fraction of sp³-hybridized carbons (Fsp3) is 0.435. The van der Waals surface area contributed by atoms with Crippen LogP contribution in [0.4, 0.5) is 0 Å². The van der Waals surface area contributed by atoms with Crippen LogP contribution in [0.15, 0.2) is 47.4 Å². The molecule has 4 nitrogen and oxygen atoms in total. The summed E-state index contributed by atoms with van der Waals surface area (Å²) >= 11 is 1.63. The smallest absolute Gasteiger partial charge is 0.161 e. The van der Waals surface area contributed by atoms with Crippen molar-refractivity contribution in [2.24, 2.45) is 5.92 Å². The first-order chi connectivity index (χ1) is 13.6. The molecule has 0 saturated heterocycles. The fourth-order valence-corrected chi connectivity index (χ4v) is 4.92. The van der Waals surface area contributed by atoms with Gasteiger partial charge in [-0.05, 0) is 61.4 Å². The molecule has 1 unspecified atom stereocenters. The van der Waals surface area contributed by atoms with Gasteiger partial charge in [0, 0.05) is 22.8 Å². The SMILES string of the molecule is CCC(C[C@@H]1C[C@@H](c2ccccc2)c2cc(OC)c(OC)cc2SN1)C(C)=O. The number of carbonyl (C=O) groups excluding carboxylic acids is 1. The summed E-state index contributed by atoms with van der Waals surface area (Å²) < 4.78 is 14.7. The second-order valence-electron chi connectivity index (χ2n) is 7.31. The highest BCUT2D eigenvalue weighted by Crippen LogP contribution is 2.44. The quantitative estimate of drug-likeness (QED) is 0.648. The molecule has 3 rings (SSSR count). The maximum Gasteiger partial charge on any atom is 0.161 e. The Kier molecular flexibility index (Phi) is 7.03. The van der Waals surface area contributed by atoms with Crippen LogP contribution in [0, 0.1) is 5.92 Å². The molecule has 5 heteroatoms. The third kappa shape index (κ3) is 4.53. The number of hydrogen-bond donors (Lipinski definition) is 1. The minimum absolute atomic E-state index is 0.0970. The molecule has 0 fully saturated rings. The van der Waals surface area contributed by atoms with Crippen LogP contribution in [-0.2, 0) is 4.79 Å². The van der Waals surface area contributed by atoms with Gasteiger partial charge in [-0.25, -0.2) is 0 Å². The fourth-order valence-electron chi connectivity index (χ4n) is 3.95. The number of fused-ring (bicyclic) bond motifs is 1. The van der Waals surface area contributed by atoms with Crippen molar-refractivity contribution in [1.29, 1.82) is 0 Å². The summed E-state index contributed by atoms with van der Waals surface area (Å²) in [5.41, 5.74) is 2.51. The van der Waals surface area contributed by atoms with E-state index >= 15 is 0 Å². The lowest BCUT2D eigenvalue weighted by molar-refractivity contribution is -0.121. The molecule has 0 aromatic heterocycles. The van der Waals surface area contributed by atoms with Crippen LogP contribution < -0.4 is 14.2 Å². The molecule has 0 saturated carbocycles.